The van der Waals surface area contributed by atoms with E-state index in [1.807, 2.05) is 12.1 Å². The van der Waals surface area contributed by atoms with E-state index < -0.39 is 12.2 Å². The fourth-order valence-corrected chi connectivity index (χ4v) is 5.16. The summed E-state index contributed by atoms with van der Waals surface area (Å²) in [7, 11) is 1.51. The molecule has 0 amide bonds. The number of benzene rings is 2. The molecule has 4 rings (SSSR count). The Morgan fingerprint density at radius 3 is 2.55 bits per heavy atom. The van der Waals surface area contributed by atoms with E-state index in [0.717, 1.165) is 36.8 Å². The number of aliphatic hydroxyl groups excluding tert-OH is 2. The lowest BCUT2D eigenvalue weighted by Crippen LogP contribution is -2.31. The lowest BCUT2D eigenvalue weighted by Gasteiger charge is -2.34. The minimum atomic E-state index is -0.517. The molecule has 9 nitrogen and oxygen atoms in total. The van der Waals surface area contributed by atoms with Gasteiger partial charge in [0.05, 0.1) is 37.6 Å². The van der Waals surface area contributed by atoms with Crippen LogP contribution in [-0.2, 0) is 11.2 Å². The Morgan fingerprint density at radius 1 is 1.05 bits per heavy atom. The summed E-state index contributed by atoms with van der Waals surface area (Å²) < 4.78 is 23.6. The van der Waals surface area contributed by atoms with Crippen LogP contribution in [0, 0.1) is 0 Å². The summed E-state index contributed by atoms with van der Waals surface area (Å²) >= 11 is 0. The highest BCUT2D eigenvalue weighted by Crippen LogP contribution is 2.43. The van der Waals surface area contributed by atoms with Crippen molar-refractivity contribution < 1.29 is 39.4 Å². The highest BCUT2D eigenvalue weighted by Gasteiger charge is 2.31. The van der Waals surface area contributed by atoms with Gasteiger partial charge in [0.15, 0.2) is 23.0 Å². The van der Waals surface area contributed by atoms with Crippen LogP contribution in [0.2, 0.25) is 0 Å². The molecular formula is C29H41NO8. The van der Waals surface area contributed by atoms with E-state index in [4.69, 9.17) is 18.9 Å². The van der Waals surface area contributed by atoms with Gasteiger partial charge < -0.3 is 39.4 Å². The number of aryl methyl sites for hydroxylation is 1. The van der Waals surface area contributed by atoms with Crippen molar-refractivity contribution in [1.29, 1.82) is 0 Å². The van der Waals surface area contributed by atoms with Crippen molar-refractivity contribution >= 4 is 0 Å². The Hall–Kier alpha value is -2.72. The van der Waals surface area contributed by atoms with Crippen molar-refractivity contribution in [2.45, 2.75) is 88.8 Å². The molecule has 9 heteroatoms. The van der Waals surface area contributed by atoms with Gasteiger partial charge in [0.25, 0.3) is 0 Å². The minimum Gasteiger partial charge on any atom is -0.504 e. The zero-order valence-electron chi connectivity index (χ0n) is 22.3. The number of phenolic OH excluding ortho intramolecular Hbond substituents is 2. The summed E-state index contributed by atoms with van der Waals surface area (Å²) in [6.07, 6.45) is 5.06. The first-order valence-electron chi connectivity index (χ1n) is 13.6. The van der Waals surface area contributed by atoms with Gasteiger partial charge in [0.2, 0.25) is 5.75 Å². The molecule has 4 atom stereocenters. The summed E-state index contributed by atoms with van der Waals surface area (Å²) in [6, 6.07) is 8.82. The Kier molecular flexibility index (Phi) is 9.96. The first kappa shape index (κ1) is 28.3. The molecule has 2 aliphatic rings. The topological polar surface area (TPSA) is 130 Å². The van der Waals surface area contributed by atoms with Gasteiger partial charge in [-0.3, -0.25) is 5.32 Å². The standard InChI is InChI=1S/C29H41NO8/c1-18(31)16-30-17-36-26-11-19(8-10-24(26)33)7-9-23-14-21(32)15-25(38-23)20-12-27(35-2)29(34)28(13-20)37-22-5-3-4-6-22/h8,10-13,18,21-23,25,30-34H,3-7,9,14-17H2,1-2H3. The van der Waals surface area contributed by atoms with Gasteiger partial charge in [0, 0.05) is 13.0 Å². The molecule has 1 heterocycles. The average molecular weight is 532 g/mol. The van der Waals surface area contributed by atoms with Gasteiger partial charge in [-0.15, -0.1) is 0 Å². The van der Waals surface area contributed by atoms with E-state index in [1.54, 1.807) is 25.1 Å². The van der Waals surface area contributed by atoms with Crippen molar-refractivity contribution in [3.63, 3.8) is 0 Å². The minimum absolute atomic E-state index is 0.0116. The third kappa shape index (κ3) is 7.66. The van der Waals surface area contributed by atoms with Gasteiger partial charge in [-0.1, -0.05) is 6.07 Å². The second kappa shape index (κ2) is 13.4. The van der Waals surface area contributed by atoms with Crippen molar-refractivity contribution in [3.05, 3.63) is 41.5 Å². The van der Waals surface area contributed by atoms with Gasteiger partial charge in [-0.2, -0.15) is 0 Å². The van der Waals surface area contributed by atoms with E-state index in [0.29, 0.717) is 49.5 Å². The van der Waals surface area contributed by atoms with Crippen molar-refractivity contribution in [1.82, 2.24) is 5.32 Å². The zero-order valence-corrected chi connectivity index (χ0v) is 22.3. The lowest BCUT2D eigenvalue weighted by atomic mass is 9.93. The van der Waals surface area contributed by atoms with Crippen molar-refractivity contribution in [2.24, 2.45) is 0 Å². The number of hydrogen-bond donors (Lipinski definition) is 5. The molecule has 38 heavy (non-hydrogen) atoms. The second-order valence-electron chi connectivity index (χ2n) is 10.4. The van der Waals surface area contributed by atoms with Gasteiger partial charge in [-0.05, 0) is 87.3 Å². The lowest BCUT2D eigenvalue weighted by molar-refractivity contribution is -0.0999. The first-order valence-corrected chi connectivity index (χ1v) is 13.6. The van der Waals surface area contributed by atoms with Crippen LogP contribution in [0.3, 0.4) is 0 Å². The molecule has 1 saturated heterocycles. The summed E-state index contributed by atoms with van der Waals surface area (Å²) in [5.74, 6) is 1.13. The molecule has 1 saturated carbocycles. The van der Waals surface area contributed by atoms with E-state index >= 15 is 0 Å². The number of hydrogen-bond acceptors (Lipinski definition) is 9. The Morgan fingerprint density at radius 2 is 1.82 bits per heavy atom. The highest BCUT2D eigenvalue weighted by atomic mass is 16.5. The molecule has 0 radical (unpaired) electrons. The molecule has 2 fully saturated rings. The quantitative estimate of drug-likeness (QED) is 0.204. The molecule has 1 aliphatic carbocycles. The number of aliphatic hydroxyl groups is 2. The van der Waals surface area contributed by atoms with Crippen molar-refractivity contribution in [2.75, 3.05) is 20.4 Å². The maximum absolute atomic E-state index is 10.7. The van der Waals surface area contributed by atoms with Gasteiger partial charge in [0.1, 0.15) is 6.73 Å². The predicted molar refractivity (Wildman–Crippen MR) is 142 cm³/mol. The third-order valence-electron chi connectivity index (χ3n) is 7.18. The smallest absolute Gasteiger partial charge is 0.200 e. The molecule has 2 aromatic rings. The zero-order chi connectivity index (χ0) is 27.1. The third-order valence-corrected chi connectivity index (χ3v) is 7.18. The average Bonchev–Trinajstić information content (AvgIpc) is 3.40. The van der Waals surface area contributed by atoms with Gasteiger partial charge in [-0.25, -0.2) is 0 Å². The number of methoxy groups -OCH3 is 1. The van der Waals surface area contributed by atoms with E-state index in [1.165, 1.54) is 7.11 Å². The van der Waals surface area contributed by atoms with Crippen LogP contribution in [0.15, 0.2) is 30.3 Å². The predicted octanol–water partition coefficient (Wildman–Crippen LogP) is 3.95. The van der Waals surface area contributed by atoms with Gasteiger partial charge >= 0.3 is 0 Å². The van der Waals surface area contributed by atoms with E-state index in [-0.39, 0.29) is 36.5 Å². The maximum atomic E-state index is 10.7. The Balaban J connectivity index is 1.39. The van der Waals surface area contributed by atoms with Crippen LogP contribution >= 0.6 is 0 Å². The number of phenols is 2. The number of nitrogens with one attached hydrogen (secondary N) is 1. The normalized spacial score (nSPS) is 22.8. The second-order valence-corrected chi connectivity index (χ2v) is 10.4. The summed E-state index contributed by atoms with van der Waals surface area (Å²) in [5, 5.41) is 43.7. The van der Waals surface area contributed by atoms with Crippen LogP contribution in [-0.4, -0.2) is 65.2 Å². The van der Waals surface area contributed by atoms with Crippen LogP contribution in [0.4, 0.5) is 0 Å². The molecule has 0 bridgehead atoms. The maximum Gasteiger partial charge on any atom is 0.200 e. The van der Waals surface area contributed by atoms with E-state index in [9.17, 15) is 20.4 Å². The molecule has 0 spiro atoms. The molecular weight excluding hydrogens is 490 g/mol. The van der Waals surface area contributed by atoms with Crippen LogP contribution in [0.25, 0.3) is 0 Å². The first-order chi connectivity index (χ1) is 18.3. The molecule has 1 aliphatic heterocycles. The molecule has 2 aromatic carbocycles. The number of aromatic hydroxyl groups is 2. The number of rotatable bonds is 12. The monoisotopic (exact) mass is 531 g/mol. The fourth-order valence-electron chi connectivity index (χ4n) is 5.16. The van der Waals surface area contributed by atoms with E-state index in [2.05, 4.69) is 5.32 Å². The van der Waals surface area contributed by atoms with Crippen LogP contribution in [0.1, 0.15) is 69.1 Å². The fraction of sp³-hybridized carbons (Fsp3) is 0.586. The summed E-state index contributed by atoms with van der Waals surface area (Å²) in [6.45, 7) is 2.25. The highest BCUT2D eigenvalue weighted by molar-refractivity contribution is 5.53. The molecule has 4 unspecified atom stereocenters. The van der Waals surface area contributed by atoms with Crippen molar-refractivity contribution in [3.8, 4) is 28.7 Å². The van der Waals surface area contributed by atoms with Crippen LogP contribution < -0.4 is 19.5 Å². The Bertz CT molecular complexity index is 1040. The summed E-state index contributed by atoms with van der Waals surface area (Å²) in [4.78, 5) is 0. The summed E-state index contributed by atoms with van der Waals surface area (Å²) in [5.41, 5.74) is 1.79. The van der Waals surface area contributed by atoms with Crippen LogP contribution in [0.5, 0.6) is 28.7 Å². The molecule has 5 N–H and O–H groups in total. The largest absolute Gasteiger partial charge is 0.504 e. The Labute approximate surface area is 224 Å². The number of ether oxygens (including phenoxy) is 4. The SMILES string of the molecule is COc1cc(C2CC(O)CC(CCc3ccc(O)c(OCNCC(C)O)c3)O2)cc(OC2CCCC2)c1O. The molecule has 210 valence electrons. The molecule has 0 aromatic heterocycles.